The molecular weight excluding hydrogens is 268 g/mol. The van der Waals surface area contributed by atoms with Crippen molar-refractivity contribution >= 4 is 28.1 Å². The standard InChI is InChI=1S/C11H18N4O3S/c1-4-12-10-6-5-9(15(16)17)11(14-10)13-8(2)7-19(3)18/h5-6,8H,4,7H2,1-3H3,(H2,12,13,14). The summed E-state index contributed by atoms with van der Waals surface area (Å²) in [5.74, 6) is 1.17. The second-order valence-electron chi connectivity index (χ2n) is 4.14. The van der Waals surface area contributed by atoms with Crippen LogP contribution in [-0.4, -0.2) is 38.7 Å². The van der Waals surface area contributed by atoms with Crippen LogP contribution < -0.4 is 10.6 Å². The van der Waals surface area contributed by atoms with Crippen molar-refractivity contribution in [2.45, 2.75) is 19.9 Å². The minimum atomic E-state index is -0.971. The smallest absolute Gasteiger partial charge is 0.311 e. The summed E-state index contributed by atoms with van der Waals surface area (Å²) >= 11 is 0. The number of anilines is 2. The molecule has 1 aromatic rings. The van der Waals surface area contributed by atoms with E-state index in [0.717, 1.165) is 0 Å². The molecule has 106 valence electrons. The maximum atomic E-state index is 11.1. The van der Waals surface area contributed by atoms with E-state index >= 15 is 0 Å². The molecule has 0 saturated carbocycles. The van der Waals surface area contributed by atoms with Crippen molar-refractivity contribution in [3.63, 3.8) is 0 Å². The lowest BCUT2D eigenvalue weighted by atomic mass is 10.3. The van der Waals surface area contributed by atoms with E-state index in [2.05, 4.69) is 15.6 Å². The molecule has 1 rings (SSSR count). The number of rotatable bonds is 7. The maximum Gasteiger partial charge on any atom is 0.311 e. The first kappa shape index (κ1) is 15.4. The third kappa shape index (κ3) is 4.82. The van der Waals surface area contributed by atoms with Gasteiger partial charge in [0.15, 0.2) is 0 Å². The zero-order valence-electron chi connectivity index (χ0n) is 11.2. The lowest BCUT2D eigenvalue weighted by molar-refractivity contribution is -0.384. The van der Waals surface area contributed by atoms with Gasteiger partial charge in [0.25, 0.3) is 0 Å². The van der Waals surface area contributed by atoms with E-state index in [-0.39, 0.29) is 17.5 Å². The van der Waals surface area contributed by atoms with Crippen LogP contribution in [0.25, 0.3) is 0 Å². The summed E-state index contributed by atoms with van der Waals surface area (Å²) in [5.41, 5.74) is -0.0876. The Morgan fingerprint density at radius 1 is 1.53 bits per heavy atom. The van der Waals surface area contributed by atoms with Crippen LogP contribution in [0, 0.1) is 10.1 Å². The summed E-state index contributed by atoms with van der Waals surface area (Å²) in [4.78, 5) is 14.6. The van der Waals surface area contributed by atoms with E-state index in [4.69, 9.17) is 0 Å². The van der Waals surface area contributed by atoms with Gasteiger partial charge in [-0.2, -0.15) is 0 Å². The second kappa shape index (κ2) is 7.03. The van der Waals surface area contributed by atoms with Gasteiger partial charge in [0.1, 0.15) is 5.82 Å². The SMILES string of the molecule is CCNc1ccc([N+](=O)[O-])c(NC(C)CS(C)=O)n1. The Morgan fingerprint density at radius 2 is 2.21 bits per heavy atom. The van der Waals surface area contributed by atoms with Crippen molar-refractivity contribution in [2.24, 2.45) is 0 Å². The van der Waals surface area contributed by atoms with E-state index in [1.54, 1.807) is 12.3 Å². The number of nitro groups is 1. The normalized spacial score (nSPS) is 13.6. The molecule has 7 nitrogen and oxygen atoms in total. The van der Waals surface area contributed by atoms with Crippen molar-refractivity contribution in [1.29, 1.82) is 0 Å². The van der Waals surface area contributed by atoms with Gasteiger partial charge in [-0.3, -0.25) is 14.3 Å². The molecule has 0 aliphatic rings. The van der Waals surface area contributed by atoms with Crippen LogP contribution in [0.1, 0.15) is 13.8 Å². The molecule has 8 heteroatoms. The average Bonchev–Trinajstić information content (AvgIpc) is 2.27. The molecule has 19 heavy (non-hydrogen) atoms. The molecule has 0 fully saturated rings. The fourth-order valence-electron chi connectivity index (χ4n) is 1.61. The molecule has 0 aliphatic carbocycles. The van der Waals surface area contributed by atoms with Crippen LogP contribution in [0.5, 0.6) is 0 Å². The summed E-state index contributed by atoms with van der Waals surface area (Å²) in [6.45, 7) is 4.41. The summed E-state index contributed by atoms with van der Waals surface area (Å²) in [6.07, 6.45) is 1.59. The first-order chi connectivity index (χ1) is 8.93. The van der Waals surface area contributed by atoms with Gasteiger partial charge < -0.3 is 10.6 Å². The first-order valence-corrected chi connectivity index (χ1v) is 7.62. The fourth-order valence-corrected chi connectivity index (χ4v) is 2.40. The largest absolute Gasteiger partial charge is 0.370 e. The van der Waals surface area contributed by atoms with Gasteiger partial charge in [0.2, 0.25) is 5.82 Å². The molecule has 0 aliphatic heterocycles. The Kier molecular flexibility index (Phi) is 5.68. The Bertz CT molecular complexity index is 481. The van der Waals surface area contributed by atoms with E-state index < -0.39 is 15.7 Å². The Morgan fingerprint density at radius 3 is 2.74 bits per heavy atom. The van der Waals surface area contributed by atoms with E-state index in [0.29, 0.717) is 18.1 Å². The highest BCUT2D eigenvalue weighted by Crippen LogP contribution is 2.24. The number of aromatic nitrogens is 1. The minimum Gasteiger partial charge on any atom is -0.370 e. The number of hydrogen-bond donors (Lipinski definition) is 2. The molecule has 2 N–H and O–H groups in total. The highest BCUT2D eigenvalue weighted by Gasteiger charge is 2.18. The topological polar surface area (TPSA) is 97.2 Å². The van der Waals surface area contributed by atoms with Crippen molar-refractivity contribution in [2.75, 3.05) is 29.2 Å². The molecule has 2 unspecified atom stereocenters. The molecule has 0 aromatic carbocycles. The third-order valence-corrected chi connectivity index (χ3v) is 3.27. The predicted molar refractivity (Wildman–Crippen MR) is 77.1 cm³/mol. The van der Waals surface area contributed by atoms with E-state index in [9.17, 15) is 14.3 Å². The Labute approximate surface area is 114 Å². The summed E-state index contributed by atoms with van der Waals surface area (Å²) in [5, 5.41) is 16.9. The molecule has 0 bridgehead atoms. The molecular formula is C11H18N4O3S. The molecule has 1 aromatic heterocycles. The van der Waals surface area contributed by atoms with Crippen molar-refractivity contribution in [3.8, 4) is 0 Å². The number of nitrogens with one attached hydrogen (secondary N) is 2. The zero-order valence-corrected chi connectivity index (χ0v) is 12.0. The molecule has 2 atom stereocenters. The summed E-state index contributed by atoms with van der Waals surface area (Å²) in [7, 11) is -0.971. The minimum absolute atomic E-state index is 0.0876. The van der Waals surface area contributed by atoms with Gasteiger partial charge in [-0.05, 0) is 19.9 Å². The van der Waals surface area contributed by atoms with Crippen LogP contribution in [0.3, 0.4) is 0 Å². The predicted octanol–water partition coefficient (Wildman–Crippen LogP) is 1.60. The Hall–Kier alpha value is -1.70. The maximum absolute atomic E-state index is 11.1. The highest BCUT2D eigenvalue weighted by atomic mass is 32.2. The van der Waals surface area contributed by atoms with Crippen molar-refractivity contribution in [1.82, 2.24) is 4.98 Å². The van der Waals surface area contributed by atoms with E-state index in [1.807, 2.05) is 13.8 Å². The van der Waals surface area contributed by atoms with Crippen molar-refractivity contribution in [3.05, 3.63) is 22.2 Å². The van der Waals surface area contributed by atoms with Gasteiger partial charge >= 0.3 is 5.69 Å². The van der Waals surface area contributed by atoms with Crippen LogP contribution in [0.4, 0.5) is 17.3 Å². The average molecular weight is 286 g/mol. The van der Waals surface area contributed by atoms with Crippen LogP contribution in [0.2, 0.25) is 0 Å². The van der Waals surface area contributed by atoms with Gasteiger partial charge in [-0.1, -0.05) is 0 Å². The lowest BCUT2D eigenvalue weighted by Gasteiger charge is -2.14. The highest BCUT2D eigenvalue weighted by molar-refractivity contribution is 7.84. The molecule has 0 amide bonds. The summed E-state index contributed by atoms with van der Waals surface area (Å²) < 4.78 is 11.1. The van der Waals surface area contributed by atoms with Gasteiger partial charge in [0, 0.05) is 41.5 Å². The quantitative estimate of drug-likeness (QED) is 0.583. The molecule has 0 saturated heterocycles. The fraction of sp³-hybridized carbons (Fsp3) is 0.545. The first-order valence-electron chi connectivity index (χ1n) is 5.90. The van der Waals surface area contributed by atoms with Crippen LogP contribution >= 0.6 is 0 Å². The molecule has 0 spiro atoms. The monoisotopic (exact) mass is 286 g/mol. The lowest BCUT2D eigenvalue weighted by Crippen LogP contribution is -2.23. The van der Waals surface area contributed by atoms with Gasteiger partial charge in [-0.15, -0.1) is 0 Å². The molecule has 0 radical (unpaired) electrons. The third-order valence-electron chi connectivity index (χ3n) is 2.30. The second-order valence-corrected chi connectivity index (χ2v) is 5.62. The summed E-state index contributed by atoms with van der Waals surface area (Å²) in [6, 6.07) is 2.81. The van der Waals surface area contributed by atoms with Gasteiger partial charge in [-0.25, -0.2) is 4.98 Å². The van der Waals surface area contributed by atoms with Gasteiger partial charge in [0.05, 0.1) is 4.92 Å². The van der Waals surface area contributed by atoms with Crippen LogP contribution in [0.15, 0.2) is 12.1 Å². The number of nitrogens with zero attached hydrogens (tertiary/aromatic N) is 2. The van der Waals surface area contributed by atoms with Crippen LogP contribution in [-0.2, 0) is 10.8 Å². The van der Waals surface area contributed by atoms with Crippen molar-refractivity contribution < 1.29 is 9.13 Å². The zero-order chi connectivity index (χ0) is 14.4. The Balaban J connectivity index is 2.96. The number of pyridine rings is 1. The number of hydrogen-bond acceptors (Lipinski definition) is 6. The van der Waals surface area contributed by atoms with E-state index in [1.165, 1.54) is 6.07 Å². The molecule has 1 heterocycles.